The fraction of sp³-hybridized carbons (Fsp3) is 0.250. The molecule has 3 aromatic rings. The Kier molecular flexibility index (Phi) is 6.37. The second-order valence-electron chi connectivity index (χ2n) is 9.18. The van der Waals surface area contributed by atoms with Crippen molar-refractivity contribution >= 4 is 23.4 Å². The number of carbonyl (C=O) groups is 2. The van der Waals surface area contributed by atoms with Gasteiger partial charge >= 0.3 is 0 Å². The van der Waals surface area contributed by atoms with Crippen LogP contribution in [-0.2, 0) is 4.79 Å². The van der Waals surface area contributed by atoms with Gasteiger partial charge in [0, 0.05) is 25.2 Å². The summed E-state index contributed by atoms with van der Waals surface area (Å²) in [5.41, 5.74) is 2.68. The van der Waals surface area contributed by atoms with Gasteiger partial charge in [-0.25, -0.2) is 9.37 Å². The topological polar surface area (TPSA) is 83.0 Å². The summed E-state index contributed by atoms with van der Waals surface area (Å²) in [6.45, 7) is 8.34. The van der Waals surface area contributed by atoms with E-state index in [1.54, 1.807) is 9.80 Å². The molecule has 2 aliphatic heterocycles. The van der Waals surface area contributed by atoms with Crippen molar-refractivity contribution in [2.45, 2.75) is 19.9 Å². The van der Waals surface area contributed by atoms with Crippen molar-refractivity contribution in [3.63, 3.8) is 0 Å². The number of hydrogen-bond donors (Lipinski definition) is 1. The van der Waals surface area contributed by atoms with E-state index in [1.165, 1.54) is 24.3 Å². The summed E-state index contributed by atoms with van der Waals surface area (Å²) in [7, 11) is 0. The van der Waals surface area contributed by atoms with Crippen molar-refractivity contribution in [1.82, 2.24) is 14.8 Å². The molecular weight excluding hydrogens is 497 g/mol. The van der Waals surface area contributed by atoms with Gasteiger partial charge in [-0.3, -0.25) is 9.59 Å². The van der Waals surface area contributed by atoms with Crippen molar-refractivity contribution in [3.8, 4) is 34.0 Å². The number of amides is 2. The van der Waals surface area contributed by atoms with Crippen molar-refractivity contribution < 1.29 is 23.8 Å². The van der Waals surface area contributed by atoms with E-state index < -0.39 is 11.9 Å². The fourth-order valence-corrected chi connectivity index (χ4v) is 5.36. The third-order valence-corrected chi connectivity index (χ3v) is 7.26. The maximum atomic E-state index is 15.0. The van der Waals surface area contributed by atoms with Gasteiger partial charge in [-0.05, 0) is 43.2 Å². The Balaban J connectivity index is 1.76. The Bertz CT molecular complexity index is 1420. The molecule has 7 nitrogen and oxygen atoms in total. The third kappa shape index (κ3) is 4.11. The number of piperazine rings is 1. The highest BCUT2D eigenvalue weighted by molar-refractivity contribution is 6.35. The Morgan fingerprint density at radius 2 is 1.84 bits per heavy atom. The third-order valence-electron chi connectivity index (χ3n) is 6.90. The zero-order valence-corrected chi connectivity index (χ0v) is 21.2. The molecule has 1 atom stereocenters. The molecule has 1 aromatic heterocycles. The van der Waals surface area contributed by atoms with Crippen LogP contribution in [0.1, 0.15) is 21.5 Å². The smallest absolute Gasteiger partial charge is 0.260 e. The van der Waals surface area contributed by atoms with Crippen LogP contribution >= 0.6 is 11.6 Å². The Morgan fingerprint density at radius 3 is 2.51 bits per heavy atom. The number of phenolic OH excluding ortho intramolecular Hbond substituents is 1. The molecule has 0 aliphatic carbocycles. The molecule has 2 aromatic carbocycles. The lowest BCUT2D eigenvalue weighted by Crippen LogP contribution is -2.57. The minimum atomic E-state index is -0.710. The van der Waals surface area contributed by atoms with Crippen LogP contribution in [0.15, 0.2) is 49.1 Å². The number of nitrogens with zero attached hydrogens (tertiary/aromatic N) is 3. The molecule has 1 saturated heterocycles. The lowest BCUT2D eigenvalue weighted by molar-refractivity contribution is -0.128. The Labute approximate surface area is 218 Å². The normalized spacial score (nSPS) is 17.0. The highest BCUT2D eigenvalue weighted by Crippen LogP contribution is 2.46. The van der Waals surface area contributed by atoms with E-state index in [-0.39, 0.29) is 58.3 Å². The molecule has 0 bridgehead atoms. The van der Waals surface area contributed by atoms with Crippen molar-refractivity contribution in [1.29, 1.82) is 0 Å². The molecule has 37 heavy (non-hydrogen) atoms. The highest BCUT2D eigenvalue weighted by Gasteiger charge is 2.40. The second-order valence-corrected chi connectivity index (χ2v) is 9.56. The maximum Gasteiger partial charge on any atom is 0.260 e. The van der Waals surface area contributed by atoms with Crippen LogP contribution < -0.4 is 4.74 Å². The summed E-state index contributed by atoms with van der Waals surface area (Å²) < 4.78 is 21.1. The molecule has 5 rings (SSSR count). The summed E-state index contributed by atoms with van der Waals surface area (Å²) in [4.78, 5) is 34.3. The van der Waals surface area contributed by atoms with Gasteiger partial charge in [-0.2, -0.15) is 0 Å². The molecule has 0 saturated carbocycles. The Morgan fingerprint density at radius 1 is 1.14 bits per heavy atom. The first-order valence-electron chi connectivity index (χ1n) is 11.9. The Hall–Kier alpha value is -3.91. The number of carbonyl (C=O) groups excluding carboxylic acids is 2. The van der Waals surface area contributed by atoms with Crippen LogP contribution in [-0.4, -0.2) is 64.0 Å². The number of rotatable bonds is 3. The van der Waals surface area contributed by atoms with Gasteiger partial charge in [0.25, 0.3) is 5.91 Å². The van der Waals surface area contributed by atoms with Crippen molar-refractivity contribution in [2.24, 2.45) is 0 Å². The number of aromatic nitrogens is 1. The predicted octanol–water partition coefficient (Wildman–Crippen LogP) is 4.76. The minimum Gasteiger partial charge on any atom is -0.507 e. The molecule has 9 heteroatoms. The lowest BCUT2D eigenvalue weighted by atomic mass is 9.94. The van der Waals surface area contributed by atoms with E-state index in [9.17, 15) is 19.1 Å². The zero-order valence-electron chi connectivity index (χ0n) is 20.4. The minimum absolute atomic E-state index is 0.0233. The number of hydrogen-bond acceptors (Lipinski definition) is 5. The zero-order chi connectivity index (χ0) is 26.4. The van der Waals surface area contributed by atoms with Crippen LogP contribution in [0.5, 0.6) is 11.5 Å². The number of aromatic hydroxyl groups is 1. The second kappa shape index (κ2) is 9.52. The number of ether oxygens (including phenoxy) is 1. The number of pyridine rings is 1. The van der Waals surface area contributed by atoms with E-state index >= 15 is 0 Å². The molecule has 2 amide bonds. The summed E-state index contributed by atoms with van der Waals surface area (Å²) in [5.74, 6) is -1.52. The number of phenols is 1. The molecule has 0 unspecified atom stereocenters. The average molecular weight is 522 g/mol. The van der Waals surface area contributed by atoms with Gasteiger partial charge in [0.15, 0.2) is 5.75 Å². The van der Waals surface area contributed by atoms with E-state index in [0.717, 1.165) is 11.1 Å². The summed E-state index contributed by atoms with van der Waals surface area (Å²) in [6, 6.07) is 9.20. The maximum absolute atomic E-state index is 15.0. The molecule has 1 fully saturated rings. The average Bonchev–Trinajstić information content (AvgIpc) is 3.02. The number of fused-ring (bicyclic) bond motifs is 2. The number of benzene rings is 2. The van der Waals surface area contributed by atoms with Gasteiger partial charge in [0.2, 0.25) is 5.91 Å². The first kappa shape index (κ1) is 24.8. The van der Waals surface area contributed by atoms with Crippen LogP contribution in [0.2, 0.25) is 5.02 Å². The number of aryl methyl sites for hydroxylation is 2. The lowest BCUT2D eigenvalue weighted by Gasteiger charge is -2.39. The van der Waals surface area contributed by atoms with Gasteiger partial charge < -0.3 is 19.6 Å². The van der Waals surface area contributed by atoms with Crippen molar-refractivity contribution in [2.75, 3.05) is 26.2 Å². The molecule has 2 aliphatic rings. The molecular formula is C28H25ClFN3O4. The van der Waals surface area contributed by atoms with Crippen LogP contribution in [0.4, 0.5) is 4.39 Å². The SMILES string of the molecule is C=CC(=O)N1CCN2C(=O)c3c(-c4c(C)cccc4C)nc(-c4c(O)cccc4F)c(Cl)c3OC[C@H]2C1. The predicted molar refractivity (Wildman–Crippen MR) is 138 cm³/mol. The largest absolute Gasteiger partial charge is 0.507 e. The molecule has 1 N–H and O–H groups in total. The number of halogens is 2. The summed E-state index contributed by atoms with van der Waals surface area (Å²) in [5, 5.41) is 10.5. The summed E-state index contributed by atoms with van der Waals surface area (Å²) >= 11 is 6.77. The molecule has 0 spiro atoms. The molecule has 3 heterocycles. The van der Waals surface area contributed by atoms with E-state index in [4.69, 9.17) is 21.3 Å². The van der Waals surface area contributed by atoms with E-state index in [0.29, 0.717) is 24.3 Å². The molecule has 0 radical (unpaired) electrons. The van der Waals surface area contributed by atoms with Gasteiger partial charge in [0.1, 0.15) is 34.5 Å². The van der Waals surface area contributed by atoms with E-state index in [2.05, 4.69) is 6.58 Å². The van der Waals surface area contributed by atoms with Gasteiger partial charge in [-0.15, -0.1) is 0 Å². The van der Waals surface area contributed by atoms with Crippen LogP contribution in [0.25, 0.3) is 22.5 Å². The quantitative estimate of drug-likeness (QED) is 0.502. The monoisotopic (exact) mass is 521 g/mol. The van der Waals surface area contributed by atoms with E-state index in [1.807, 2.05) is 32.0 Å². The first-order valence-corrected chi connectivity index (χ1v) is 12.2. The fourth-order valence-electron chi connectivity index (χ4n) is 5.07. The van der Waals surface area contributed by atoms with Crippen LogP contribution in [0.3, 0.4) is 0 Å². The van der Waals surface area contributed by atoms with Gasteiger partial charge in [0.05, 0.1) is 17.3 Å². The standard InChI is InChI=1S/C28H25ClFN3O4/c1-4-20(35)32-11-12-33-17(13-32)14-37-27-23(28(33)36)25(21-15(2)7-5-8-16(21)3)31-26(24(27)29)22-18(30)9-6-10-19(22)34/h4-10,17,34H,1,11-14H2,2-3H3/t17-/m1/s1. The first-order chi connectivity index (χ1) is 17.7. The molecule has 190 valence electrons. The summed E-state index contributed by atoms with van der Waals surface area (Å²) in [6.07, 6.45) is 1.25. The van der Waals surface area contributed by atoms with Crippen LogP contribution in [0, 0.1) is 19.7 Å². The van der Waals surface area contributed by atoms with Crippen molar-refractivity contribution in [3.05, 3.63) is 76.6 Å². The highest BCUT2D eigenvalue weighted by atomic mass is 35.5. The van der Waals surface area contributed by atoms with Gasteiger partial charge in [-0.1, -0.05) is 42.4 Å².